The Bertz CT molecular complexity index is 1060. The molecule has 176 valence electrons. The number of alkyl halides is 3. The fourth-order valence-electron chi connectivity index (χ4n) is 3.40. The van der Waals surface area contributed by atoms with Crippen LogP contribution in [0.15, 0.2) is 42.0 Å². The van der Waals surface area contributed by atoms with Crippen LogP contribution >= 0.6 is 0 Å². The molecule has 0 aliphatic heterocycles. The van der Waals surface area contributed by atoms with Crippen molar-refractivity contribution < 1.29 is 32.5 Å². The Morgan fingerprint density at radius 3 is 2.33 bits per heavy atom. The fourth-order valence-corrected chi connectivity index (χ4v) is 3.40. The molecule has 0 bridgehead atoms. The van der Waals surface area contributed by atoms with Gasteiger partial charge in [-0.15, -0.1) is 0 Å². The Hall–Kier alpha value is -3.22. The van der Waals surface area contributed by atoms with Crippen LogP contribution in [0, 0.1) is 0 Å². The normalized spacial score (nSPS) is 14.1. The lowest BCUT2D eigenvalue weighted by molar-refractivity contribution is -0.137. The van der Waals surface area contributed by atoms with E-state index in [9.17, 15) is 23.1 Å². The summed E-state index contributed by atoms with van der Waals surface area (Å²) in [7, 11) is 1.22. The van der Waals surface area contributed by atoms with Crippen molar-refractivity contribution in [2.24, 2.45) is 0 Å². The Morgan fingerprint density at radius 1 is 1.15 bits per heavy atom. The molecule has 1 saturated carbocycles. The van der Waals surface area contributed by atoms with Crippen molar-refractivity contribution in [2.75, 3.05) is 7.11 Å². The molecule has 0 atom stereocenters. The SMILES string of the molecule is COC(=O)c1c(/C=C/c2ccc(C(F)(F)F)cc2)cc(OC2CCC2)c(CC=C(C)C)c1O. The third-order valence-corrected chi connectivity index (χ3v) is 5.54. The van der Waals surface area contributed by atoms with Gasteiger partial charge in [0.1, 0.15) is 17.1 Å². The first-order valence-corrected chi connectivity index (χ1v) is 10.7. The maximum atomic E-state index is 12.8. The monoisotopic (exact) mass is 460 g/mol. The lowest BCUT2D eigenvalue weighted by Gasteiger charge is -2.28. The van der Waals surface area contributed by atoms with Crippen molar-refractivity contribution in [1.29, 1.82) is 0 Å². The van der Waals surface area contributed by atoms with Gasteiger partial charge in [0, 0.05) is 5.56 Å². The maximum absolute atomic E-state index is 12.8. The summed E-state index contributed by atoms with van der Waals surface area (Å²) < 4.78 is 49.4. The molecule has 0 spiro atoms. The summed E-state index contributed by atoms with van der Waals surface area (Å²) >= 11 is 0. The van der Waals surface area contributed by atoms with Crippen LogP contribution in [0.3, 0.4) is 0 Å². The van der Waals surface area contributed by atoms with Gasteiger partial charge < -0.3 is 14.6 Å². The molecular formula is C26H27F3O4. The molecule has 1 aliphatic rings. The van der Waals surface area contributed by atoms with Gasteiger partial charge in [-0.3, -0.25) is 0 Å². The zero-order valence-electron chi connectivity index (χ0n) is 18.8. The molecule has 2 aromatic rings. The highest BCUT2D eigenvalue weighted by atomic mass is 19.4. The molecule has 3 rings (SSSR count). The molecule has 0 heterocycles. The number of allylic oxidation sites excluding steroid dienone is 2. The van der Waals surface area contributed by atoms with Gasteiger partial charge in [-0.25, -0.2) is 4.79 Å². The van der Waals surface area contributed by atoms with Crippen molar-refractivity contribution in [3.63, 3.8) is 0 Å². The number of hydrogen-bond acceptors (Lipinski definition) is 4. The minimum atomic E-state index is -4.42. The van der Waals surface area contributed by atoms with Gasteiger partial charge in [-0.1, -0.05) is 35.9 Å². The predicted molar refractivity (Wildman–Crippen MR) is 121 cm³/mol. The van der Waals surface area contributed by atoms with Crippen molar-refractivity contribution in [1.82, 2.24) is 0 Å². The van der Waals surface area contributed by atoms with Gasteiger partial charge in [-0.05, 0) is 68.9 Å². The lowest BCUT2D eigenvalue weighted by atomic mass is 9.94. The average molecular weight is 460 g/mol. The highest BCUT2D eigenvalue weighted by molar-refractivity contribution is 5.98. The molecule has 0 unspecified atom stereocenters. The van der Waals surface area contributed by atoms with Crippen LogP contribution < -0.4 is 4.74 Å². The zero-order chi connectivity index (χ0) is 24.2. The summed E-state index contributed by atoms with van der Waals surface area (Å²) in [5, 5.41) is 11.0. The summed E-state index contributed by atoms with van der Waals surface area (Å²) in [6.07, 6.45) is 3.98. The number of phenolic OH excluding ortho intramolecular Hbond substituents is 1. The van der Waals surface area contributed by atoms with E-state index >= 15 is 0 Å². The highest BCUT2D eigenvalue weighted by Crippen LogP contribution is 2.39. The summed E-state index contributed by atoms with van der Waals surface area (Å²) in [6.45, 7) is 3.87. The predicted octanol–water partition coefficient (Wildman–Crippen LogP) is 6.81. The topological polar surface area (TPSA) is 55.8 Å². The highest BCUT2D eigenvalue weighted by Gasteiger charge is 2.30. The van der Waals surface area contributed by atoms with Crippen molar-refractivity contribution in [3.05, 3.63) is 69.8 Å². The molecule has 33 heavy (non-hydrogen) atoms. The molecule has 1 N–H and O–H groups in total. The average Bonchev–Trinajstić information content (AvgIpc) is 2.73. The second-order valence-electron chi connectivity index (χ2n) is 8.27. The van der Waals surface area contributed by atoms with Crippen LogP contribution in [0.1, 0.15) is 65.7 Å². The number of halogens is 3. The van der Waals surface area contributed by atoms with Crippen LogP contribution in [0.4, 0.5) is 13.2 Å². The standard InChI is InChI=1S/C26H27F3O4/c1-16(2)7-14-21-22(33-20-5-4-6-20)15-18(23(24(21)30)25(31)32-3)11-8-17-9-12-19(13-10-17)26(27,28)29/h7-13,15,20,30H,4-6,14H2,1-3H3/b11-8+. The maximum Gasteiger partial charge on any atom is 0.416 e. The quantitative estimate of drug-likeness (QED) is 0.280. The van der Waals surface area contributed by atoms with E-state index in [4.69, 9.17) is 9.47 Å². The Kier molecular flexibility index (Phi) is 7.51. The van der Waals surface area contributed by atoms with E-state index in [-0.39, 0.29) is 17.4 Å². The van der Waals surface area contributed by atoms with Gasteiger partial charge in [0.05, 0.1) is 18.8 Å². The number of carbonyl (C=O) groups excluding carboxylic acids is 1. The molecule has 7 heteroatoms. The fraction of sp³-hybridized carbons (Fsp3) is 0.346. The number of rotatable bonds is 7. The summed E-state index contributed by atoms with van der Waals surface area (Å²) in [4.78, 5) is 12.5. The number of aromatic hydroxyl groups is 1. The number of methoxy groups -OCH3 is 1. The van der Waals surface area contributed by atoms with E-state index in [1.165, 1.54) is 19.2 Å². The van der Waals surface area contributed by atoms with Gasteiger partial charge in [-0.2, -0.15) is 13.2 Å². The van der Waals surface area contributed by atoms with E-state index in [2.05, 4.69) is 0 Å². The largest absolute Gasteiger partial charge is 0.507 e. The smallest absolute Gasteiger partial charge is 0.416 e. The van der Waals surface area contributed by atoms with Gasteiger partial charge in [0.2, 0.25) is 0 Å². The van der Waals surface area contributed by atoms with Crippen molar-refractivity contribution >= 4 is 18.1 Å². The third kappa shape index (κ3) is 5.97. The van der Waals surface area contributed by atoms with E-state index < -0.39 is 17.7 Å². The third-order valence-electron chi connectivity index (χ3n) is 5.54. The number of carbonyl (C=O) groups is 1. The molecular weight excluding hydrogens is 433 g/mol. The number of esters is 1. The second-order valence-corrected chi connectivity index (χ2v) is 8.27. The summed E-state index contributed by atoms with van der Waals surface area (Å²) in [6, 6.07) is 6.34. The van der Waals surface area contributed by atoms with Crippen LogP contribution in [-0.4, -0.2) is 24.3 Å². The van der Waals surface area contributed by atoms with Crippen LogP contribution in [0.5, 0.6) is 11.5 Å². The molecule has 4 nitrogen and oxygen atoms in total. The number of ether oxygens (including phenoxy) is 2. The second kappa shape index (κ2) is 10.1. The Balaban J connectivity index is 2.05. The first-order chi connectivity index (χ1) is 15.6. The van der Waals surface area contributed by atoms with E-state index in [0.29, 0.717) is 28.9 Å². The van der Waals surface area contributed by atoms with Crippen molar-refractivity contribution in [3.8, 4) is 11.5 Å². The number of phenols is 1. The summed E-state index contributed by atoms with van der Waals surface area (Å²) in [5.41, 5.74) is 1.65. The minimum Gasteiger partial charge on any atom is -0.507 e. The van der Waals surface area contributed by atoms with Crippen LogP contribution in [0.25, 0.3) is 12.2 Å². The molecule has 0 saturated heterocycles. The number of benzene rings is 2. The molecule has 1 aliphatic carbocycles. The Labute approximate surface area is 191 Å². The van der Waals surface area contributed by atoms with Crippen LogP contribution in [-0.2, 0) is 17.3 Å². The molecule has 2 aromatic carbocycles. The first kappa shape index (κ1) is 24.4. The van der Waals surface area contributed by atoms with E-state index in [0.717, 1.165) is 37.0 Å². The van der Waals surface area contributed by atoms with Crippen LogP contribution in [0.2, 0.25) is 0 Å². The molecule has 1 fully saturated rings. The van der Waals surface area contributed by atoms with Gasteiger partial charge in [0.25, 0.3) is 0 Å². The first-order valence-electron chi connectivity index (χ1n) is 10.7. The van der Waals surface area contributed by atoms with E-state index in [1.807, 2.05) is 19.9 Å². The Morgan fingerprint density at radius 2 is 1.82 bits per heavy atom. The molecule has 0 radical (unpaired) electrons. The zero-order valence-corrected chi connectivity index (χ0v) is 18.8. The summed E-state index contributed by atoms with van der Waals surface area (Å²) in [5.74, 6) is -0.453. The van der Waals surface area contributed by atoms with E-state index in [1.54, 1.807) is 18.2 Å². The lowest BCUT2D eigenvalue weighted by Crippen LogP contribution is -2.25. The van der Waals surface area contributed by atoms with Crippen molar-refractivity contribution in [2.45, 2.75) is 51.8 Å². The molecule has 0 aromatic heterocycles. The minimum absolute atomic E-state index is 0.0150. The van der Waals surface area contributed by atoms with Gasteiger partial charge >= 0.3 is 12.1 Å². The van der Waals surface area contributed by atoms with Gasteiger partial charge in [0.15, 0.2) is 0 Å². The molecule has 0 amide bonds. The number of hydrogen-bond donors (Lipinski definition) is 1.